The summed E-state index contributed by atoms with van der Waals surface area (Å²) < 4.78 is 0. The van der Waals surface area contributed by atoms with Crippen molar-refractivity contribution in [1.82, 2.24) is 9.97 Å². The Morgan fingerprint density at radius 2 is 1.96 bits per heavy atom. The van der Waals surface area contributed by atoms with Crippen molar-refractivity contribution in [1.29, 1.82) is 5.26 Å². The maximum Gasteiger partial charge on any atom is 0.258 e. The molecule has 116 valence electrons. The zero-order valence-corrected chi connectivity index (χ0v) is 12.6. The summed E-state index contributed by atoms with van der Waals surface area (Å²) in [5.74, 6) is 0.179. The molecule has 2 heterocycles. The van der Waals surface area contributed by atoms with Crippen LogP contribution in [0.25, 0.3) is 0 Å². The molecular formula is C18H13N5O. The van der Waals surface area contributed by atoms with Crippen LogP contribution in [0.3, 0.4) is 0 Å². The average Bonchev–Trinajstić information content (AvgIpc) is 2.64. The van der Waals surface area contributed by atoms with Gasteiger partial charge < -0.3 is 10.6 Å². The van der Waals surface area contributed by atoms with E-state index in [1.165, 1.54) is 6.20 Å². The van der Waals surface area contributed by atoms with E-state index in [4.69, 9.17) is 5.26 Å². The second-order valence-corrected chi connectivity index (χ2v) is 4.95. The van der Waals surface area contributed by atoms with Gasteiger partial charge in [-0.15, -0.1) is 0 Å². The minimum absolute atomic E-state index is 0.266. The molecule has 24 heavy (non-hydrogen) atoms. The minimum atomic E-state index is -0.266. The van der Waals surface area contributed by atoms with Crippen molar-refractivity contribution in [2.24, 2.45) is 0 Å². The largest absolute Gasteiger partial charge is 0.354 e. The molecule has 0 aliphatic rings. The predicted molar refractivity (Wildman–Crippen MR) is 90.9 cm³/mol. The highest BCUT2D eigenvalue weighted by Crippen LogP contribution is 2.18. The topological polar surface area (TPSA) is 90.7 Å². The third kappa shape index (κ3) is 3.72. The number of nitriles is 1. The van der Waals surface area contributed by atoms with Gasteiger partial charge in [-0.05, 0) is 42.5 Å². The molecule has 0 unspecified atom stereocenters. The number of pyridine rings is 2. The lowest BCUT2D eigenvalue weighted by atomic mass is 10.2. The third-order valence-corrected chi connectivity index (χ3v) is 3.21. The fourth-order valence-electron chi connectivity index (χ4n) is 2.06. The fourth-order valence-corrected chi connectivity index (χ4v) is 2.06. The lowest BCUT2D eigenvalue weighted by molar-refractivity contribution is 0.102. The van der Waals surface area contributed by atoms with Crippen LogP contribution in [0.4, 0.5) is 17.2 Å². The van der Waals surface area contributed by atoms with Gasteiger partial charge >= 0.3 is 0 Å². The molecule has 0 fully saturated rings. The van der Waals surface area contributed by atoms with Gasteiger partial charge in [0.25, 0.3) is 5.91 Å². The zero-order chi connectivity index (χ0) is 16.8. The van der Waals surface area contributed by atoms with E-state index in [1.54, 1.807) is 54.9 Å². The van der Waals surface area contributed by atoms with Crippen molar-refractivity contribution in [2.45, 2.75) is 0 Å². The first-order chi connectivity index (χ1) is 11.7. The number of rotatable bonds is 4. The highest BCUT2D eigenvalue weighted by Gasteiger charge is 2.06. The van der Waals surface area contributed by atoms with Crippen molar-refractivity contribution in [2.75, 3.05) is 10.6 Å². The Hall–Kier alpha value is -3.72. The Kier molecular flexibility index (Phi) is 4.45. The summed E-state index contributed by atoms with van der Waals surface area (Å²) in [6, 6.07) is 16.1. The van der Waals surface area contributed by atoms with Crippen LogP contribution in [0.15, 0.2) is 67.1 Å². The molecule has 2 aromatic heterocycles. The summed E-state index contributed by atoms with van der Waals surface area (Å²) in [4.78, 5) is 20.1. The van der Waals surface area contributed by atoms with Gasteiger partial charge in [0, 0.05) is 18.1 Å². The maximum atomic E-state index is 12.0. The summed E-state index contributed by atoms with van der Waals surface area (Å²) in [5.41, 5.74) is 2.59. The molecule has 3 aromatic rings. The average molecular weight is 315 g/mol. The monoisotopic (exact) mass is 315 g/mol. The Morgan fingerprint density at radius 3 is 2.67 bits per heavy atom. The third-order valence-electron chi connectivity index (χ3n) is 3.21. The van der Waals surface area contributed by atoms with E-state index in [2.05, 4.69) is 26.7 Å². The molecule has 0 aliphatic heterocycles. The molecule has 6 heteroatoms. The molecule has 6 nitrogen and oxygen atoms in total. The van der Waals surface area contributed by atoms with Gasteiger partial charge in [-0.2, -0.15) is 5.26 Å². The molecule has 0 radical (unpaired) electrons. The van der Waals surface area contributed by atoms with Crippen LogP contribution in [0, 0.1) is 11.3 Å². The predicted octanol–water partition coefficient (Wildman–Crippen LogP) is 3.34. The Bertz CT molecular complexity index is 885. The summed E-state index contributed by atoms with van der Waals surface area (Å²) >= 11 is 0. The quantitative estimate of drug-likeness (QED) is 0.770. The number of nitrogens with one attached hydrogen (secondary N) is 2. The molecule has 2 N–H and O–H groups in total. The number of carbonyl (C=O) groups excluding carboxylic acids is 1. The first-order valence-electron chi connectivity index (χ1n) is 7.19. The first-order valence-corrected chi connectivity index (χ1v) is 7.19. The second kappa shape index (κ2) is 7.03. The zero-order valence-electron chi connectivity index (χ0n) is 12.6. The van der Waals surface area contributed by atoms with Crippen LogP contribution < -0.4 is 10.6 Å². The minimum Gasteiger partial charge on any atom is -0.354 e. The summed E-state index contributed by atoms with van der Waals surface area (Å²) in [5, 5.41) is 14.8. The van der Waals surface area contributed by atoms with Crippen LogP contribution in [0.1, 0.15) is 15.9 Å². The number of hydrogen-bond acceptors (Lipinski definition) is 5. The van der Waals surface area contributed by atoms with Gasteiger partial charge in [0.1, 0.15) is 5.82 Å². The summed E-state index contributed by atoms with van der Waals surface area (Å²) in [7, 11) is 0. The highest BCUT2D eigenvalue weighted by molar-refractivity contribution is 6.03. The normalized spacial score (nSPS) is 9.79. The van der Waals surface area contributed by atoms with Crippen molar-refractivity contribution in [3.8, 4) is 6.07 Å². The first kappa shape index (κ1) is 15.2. The van der Waals surface area contributed by atoms with Gasteiger partial charge in [-0.3, -0.25) is 9.78 Å². The summed E-state index contributed by atoms with van der Waals surface area (Å²) in [6.45, 7) is 0. The van der Waals surface area contributed by atoms with E-state index in [1.807, 2.05) is 6.07 Å². The van der Waals surface area contributed by atoms with Crippen molar-refractivity contribution in [3.05, 3.63) is 78.2 Å². The van der Waals surface area contributed by atoms with E-state index in [0.29, 0.717) is 16.9 Å². The molecule has 0 atom stereocenters. The van der Waals surface area contributed by atoms with Crippen molar-refractivity contribution < 1.29 is 4.79 Å². The van der Waals surface area contributed by atoms with Crippen LogP contribution in [-0.4, -0.2) is 15.9 Å². The Morgan fingerprint density at radius 1 is 1.04 bits per heavy atom. The van der Waals surface area contributed by atoms with E-state index in [-0.39, 0.29) is 5.91 Å². The molecular weight excluding hydrogens is 302 g/mol. The molecule has 0 spiro atoms. The van der Waals surface area contributed by atoms with Gasteiger partial charge in [-0.1, -0.05) is 6.07 Å². The number of carbonyl (C=O) groups is 1. The van der Waals surface area contributed by atoms with Gasteiger partial charge in [0.2, 0.25) is 0 Å². The van der Waals surface area contributed by atoms with E-state index >= 15 is 0 Å². The van der Waals surface area contributed by atoms with Gasteiger partial charge in [0.15, 0.2) is 0 Å². The van der Waals surface area contributed by atoms with Gasteiger partial charge in [0.05, 0.1) is 29.1 Å². The molecule has 3 rings (SSSR count). The maximum absolute atomic E-state index is 12.0. The molecule has 0 saturated heterocycles. The molecule has 1 aromatic carbocycles. The number of amides is 1. The van der Waals surface area contributed by atoms with Crippen LogP contribution >= 0.6 is 0 Å². The van der Waals surface area contributed by atoms with Crippen LogP contribution in [0.5, 0.6) is 0 Å². The Labute approximate surface area is 138 Å². The smallest absolute Gasteiger partial charge is 0.258 e. The highest BCUT2D eigenvalue weighted by atomic mass is 16.1. The summed E-state index contributed by atoms with van der Waals surface area (Å²) in [6.07, 6.45) is 4.71. The number of benzene rings is 1. The van der Waals surface area contributed by atoms with Gasteiger partial charge in [-0.25, -0.2) is 4.98 Å². The second-order valence-electron chi connectivity index (χ2n) is 4.95. The number of nitrogens with zero attached hydrogens (tertiary/aromatic N) is 3. The number of aromatic nitrogens is 2. The Balaban J connectivity index is 1.67. The van der Waals surface area contributed by atoms with E-state index in [0.717, 1.165) is 11.4 Å². The SMILES string of the molecule is N#Cc1cccc(Nc2ccc(NC(=O)c3cccnc3)nc2)c1. The van der Waals surface area contributed by atoms with Crippen molar-refractivity contribution in [3.63, 3.8) is 0 Å². The fraction of sp³-hybridized carbons (Fsp3) is 0. The van der Waals surface area contributed by atoms with Crippen LogP contribution in [0.2, 0.25) is 0 Å². The molecule has 0 bridgehead atoms. The van der Waals surface area contributed by atoms with E-state index in [9.17, 15) is 4.79 Å². The lowest BCUT2D eigenvalue weighted by Gasteiger charge is -2.08. The van der Waals surface area contributed by atoms with E-state index < -0.39 is 0 Å². The van der Waals surface area contributed by atoms with Crippen LogP contribution in [-0.2, 0) is 0 Å². The molecule has 1 amide bonds. The van der Waals surface area contributed by atoms with Crippen molar-refractivity contribution >= 4 is 23.1 Å². The standard InChI is InChI=1S/C18H13N5O/c19-10-13-3-1-5-15(9-13)22-16-6-7-17(21-12-16)23-18(24)14-4-2-8-20-11-14/h1-9,11-12,22H,(H,21,23,24). The molecule has 0 aliphatic carbocycles. The molecule has 0 saturated carbocycles. The number of anilines is 3. The lowest BCUT2D eigenvalue weighted by Crippen LogP contribution is -2.13. The number of hydrogen-bond donors (Lipinski definition) is 2.